The Labute approximate surface area is 146 Å². The van der Waals surface area contributed by atoms with Crippen LogP contribution in [0.1, 0.15) is 35.1 Å². The van der Waals surface area contributed by atoms with Gasteiger partial charge in [0.15, 0.2) is 0 Å². The number of hydrogen-bond acceptors (Lipinski definition) is 2. The van der Waals surface area contributed by atoms with Gasteiger partial charge in [0.05, 0.1) is 0 Å². The standard InChI is InChI=1S/C22H28N2/c1-15-9-16(2)12-20(11-15)24(19(5)22-7-6-8-23-22)21-13-17(3)10-18(4)14-21/h9-14,22-23H,5-8H2,1-4H3/t22-/m1/s1. The fraction of sp³-hybridized carbons (Fsp3) is 0.364. The van der Waals surface area contributed by atoms with E-state index in [2.05, 4.69) is 80.9 Å². The average Bonchev–Trinajstić information content (AvgIpc) is 2.99. The maximum Gasteiger partial charge on any atom is 0.0473 e. The lowest BCUT2D eigenvalue weighted by atomic mass is 10.0. The van der Waals surface area contributed by atoms with Crippen LogP contribution in [0.4, 0.5) is 11.4 Å². The molecule has 1 aliphatic heterocycles. The quantitative estimate of drug-likeness (QED) is 0.819. The van der Waals surface area contributed by atoms with E-state index in [4.69, 9.17) is 0 Å². The monoisotopic (exact) mass is 320 g/mol. The van der Waals surface area contributed by atoms with Crippen molar-refractivity contribution in [2.75, 3.05) is 11.4 Å². The highest BCUT2D eigenvalue weighted by Gasteiger charge is 2.24. The van der Waals surface area contributed by atoms with Gasteiger partial charge in [-0.3, -0.25) is 0 Å². The highest BCUT2D eigenvalue weighted by atomic mass is 15.2. The second kappa shape index (κ2) is 6.82. The molecule has 3 rings (SSSR count). The second-order valence-electron chi connectivity index (χ2n) is 7.17. The molecule has 0 unspecified atom stereocenters. The van der Waals surface area contributed by atoms with Crippen molar-refractivity contribution in [3.05, 3.63) is 70.9 Å². The number of hydrogen-bond donors (Lipinski definition) is 1. The Morgan fingerprint density at radius 3 is 1.71 bits per heavy atom. The largest absolute Gasteiger partial charge is 0.313 e. The molecular weight excluding hydrogens is 292 g/mol. The Kier molecular flexibility index (Phi) is 4.77. The van der Waals surface area contributed by atoms with Crippen LogP contribution in [0, 0.1) is 27.7 Å². The van der Waals surface area contributed by atoms with Crippen LogP contribution < -0.4 is 10.2 Å². The van der Waals surface area contributed by atoms with Gasteiger partial charge in [0.1, 0.15) is 0 Å². The predicted octanol–water partition coefficient (Wildman–Crippen LogP) is 5.32. The fourth-order valence-electron chi connectivity index (χ4n) is 3.77. The molecule has 1 fully saturated rings. The van der Waals surface area contributed by atoms with E-state index in [0.717, 1.165) is 18.7 Å². The Morgan fingerprint density at radius 2 is 1.33 bits per heavy atom. The smallest absolute Gasteiger partial charge is 0.0473 e. The lowest BCUT2D eigenvalue weighted by molar-refractivity contribution is 0.678. The second-order valence-corrected chi connectivity index (χ2v) is 7.17. The molecule has 2 aromatic rings. The van der Waals surface area contributed by atoms with Crippen LogP contribution in [0.15, 0.2) is 48.7 Å². The van der Waals surface area contributed by atoms with Crippen LogP contribution in [0.5, 0.6) is 0 Å². The van der Waals surface area contributed by atoms with Crippen molar-refractivity contribution in [1.29, 1.82) is 0 Å². The van der Waals surface area contributed by atoms with Crippen molar-refractivity contribution < 1.29 is 0 Å². The molecule has 1 heterocycles. The van der Waals surface area contributed by atoms with Gasteiger partial charge in [-0.2, -0.15) is 0 Å². The molecule has 0 spiro atoms. The molecule has 0 aliphatic carbocycles. The molecule has 1 N–H and O–H groups in total. The Bertz CT molecular complexity index is 663. The summed E-state index contributed by atoms with van der Waals surface area (Å²) in [6.45, 7) is 14.2. The molecule has 2 heteroatoms. The van der Waals surface area contributed by atoms with Gasteiger partial charge in [-0.25, -0.2) is 0 Å². The number of aryl methyl sites for hydroxylation is 4. The van der Waals surface area contributed by atoms with Crippen LogP contribution in [0.3, 0.4) is 0 Å². The van der Waals surface area contributed by atoms with Crippen LogP contribution in [-0.2, 0) is 0 Å². The first-order valence-corrected chi connectivity index (χ1v) is 8.83. The molecule has 0 radical (unpaired) electrons. The van der Waals surface area contributed by atoms with Gasteiger partial charge in [0.25, 0.3) is 0 Å². The van der Waals surface area contributed by atoms with Gasteiger partial charge in [-0.05, 0) is 93.6 Å². The summed E-state index contributed by atoms with van der Waals surface area (Å²) >= 11 is 0. The van der Waals surface area contributed by atoms with Crippen molar-refractivity contribution in [3.8, 4) is 0 Å². The van der Waals surface area contributed by atoms with Crippen LogP contribution in [0.2, 0.25) is 0 Å². The molecule has 1 saturated heterocycles. The zero-order valence-corrected chi connectivity index (χ0v) is 15.3. The van der Waals surface area contributed by atoms with Gasteiger partial charge in [-0.15, -0.1) is 0 Å². The van der Waals surface area contributed by atoms with Crippen molar-refractivity contribution >= 4 is 11.4 Å². The summed E-state index contributed by atoms with van der Waals surface area (Å²) < 4.78 is 0. The van der Waals surface area contributed by atoms with Gasteiger partial charge < -0.3 is 10.2 Å². The number of rotatable bonds is 4. The average molecular weight is 320 g/mol. The van der Waals surface area contributed by atoms with Crippen molar-refractivity contribution in [2.24, 2.45) is 0 Å². The normalized spacial score (nSPS) is 17.1. The van der Waals surface area contributed by atoms with E-state index in [0.29, 0.717) is 6.04 Å². The summed E-state index contributed by atoms with van der Waals surface area (Å²) in [5, 5.41) is 3.59. The summed E-state index contributed by atoms with van der Waals surface area (Å²) in [6.07, 6.45) is 2.38. The summed E-state index contributed by atoms with van der Waals surface area (Å²) in [5.41, 5.74) is 8.69. The summed E-state index contributed by atoms with van der Waals surface area (Å²) in [7, 11) is 0. The zero-order valence-electron chi connectivity index (χ0n) is 15.3. The number of nitrogens with one attached hydrogen (secondary N) is 1. The third kappa shape index (κ3) is 3.54. The lowest BCUT2D eigenvalue weighted by Crippen LogP contribution is -2.32. The molecule has 24 heavy (non-hydrogen) atoms. The van der Waals surface area contributed by atoms with Crippen LogP contribution in [0.25, 0.3) is 0 Å². The highest BCUT2D eigenvalue weighted by Crippen LogP contribution is 2.34. The summed E-state index contributed by atoms with van der Waals surface area (Å²) in [4.78, 5) is 2.34. The Hall–Kier alpha value is -2.06. The van der Waals surface area contributed by atoms with Gasteiger partial charge in [0.2, 0.25) is 0 Å². The van der Waals surface area contributed by atoms with E-state index >= 15 is 0 Å². The minimum Gasteiger partial charge on any atom is -0.313 e. The zero-order chi connectivity index (χ0) is 17.3. The fourth-order valence-corrected chi connectivity index (χ4v) is 3.77. The van der Waals surface area contributed by atoms with E-state index in [9.17, 15) is 0 Å². The molecule has 0 amide bonds. The maximum absolute atomic E-state index is 4.47. The van der Waals surface area contributed by atoms with Gasteiger partial charge in [-0.1, -0.05) is 18.7 Å². The highest BCUT2D eigenvalue weighted by molar-refractivity contribution is 5.71. The lowest BCUT2D eigenvalue weighted by Gasteiger charge is -2.31. The molecule has 126 valence electrons. The summed E-state index contributed by atoms with van der Waals surface area (Å²) in [5.74, 6) is 0. The minimum atomic E-state index is 0.353. The molecule has 0 saturated carbocycles. The van der Waals surface area contributed by atoms with Crippen LogP contribution in [-0.4, -0.2) is 12.6 Å². The minimum absolute atomic E-state index is 0.353. The molecule has 0 bridgehead atoms. The van der Waals surface area contributed by atoms with E-state index in [1.807, 2.05) is 0 Å². The van der Waals surface area contributed by atoms with Gasteiger partial charge >= 0.3 is 0 Å². The van der Waals surface area contributed by atoms with Crippen molar-refractivity contribution in [1.82, 2.24) is 5.32 Å². The first kappa shape index (κ1) is 16.8. The van der Waals surface area contributed by atoms with Gasteiger partial charge in [0, 0.05) is 23.1 Å². The molecule has 1 atom stereocenters. The first-order valence-electron chi connectivity index (χ1n) is 8.83. The molecule has 2 nitrogen and oxygen atoms in total. The molecule has 0 aromatic heterocycles. The first-order chi connectivity index (χ1) is 11.4. The van der Waals surface area contributed by atoms with Crippen molar-refractivity contribution in [3.63, 3.8) is 0 Å². The van der Waals surface area contributed by atoms with E-state index in [1.165, 1.54) is 40.0 Å². The predicted molar refractivity (Wildman–Crippen MR) is 104 cm³/mol. The number of benzene rings is 2. The van der Waals surface area contributed by atoms with Crippen LogP contribution >= 0.6 is 0 Å². The third-order valence-corrected chi connectivity index (χ3v) is 4.68. The number of anilines is 2. The number of nitrogens with zero attached hydrogens (tertiary/aromatic N) is 1. The van der Waals surface area contributed by atoms with Crippen molar-refractivity contribution in [2.45, 2.75) is 46.6 Å². The third-order valence-electron chi connectivity index (χ3n) is 4.68. The maximum atomic E-state index is 4.47. The van der Waals surface area contributed by atoms with E-state index < -0.39 is 0 Å². The Balaban J connectivity index is 2.10. The molecule has 1 aliphatic rings. The molecule has 2 aromatic carbocycles. The summed E-state index contributed by atoms with van der Waals surface area (Å²) in [6, 6.07) is 13.8. The SMILES string of the molecule is C=C([C@H]1CCCN1)N(c1cc(C)cc(C)c1)c1cc(C)cc(C)c1. The van der Waals surface area contributed by atoms with E-state index in [1.54, 1.807) is 0 Å². The van der Waals surface area contributed by atoms with E-state index in [-0.39, 0.29) is 0 Å². The topological polar surface area (TPSA) is 15.3 Å². The molecular formula is C22H28N2. The Morgan fingerprint density at radius 1 is 0.875 bits per heavy atom.